The van der Waals surface area contributed by atoms with Crippen molar-refractivity contribution >= 4 is 29.0 Å². The second kappa shape index (κ2) is 9.11. The molecule has 0 spiro atoms. The molecular weight excluding hydrogens is 404 g/mol. The number of aryl methyl sites for hydroxylation is 2. The number of thioether (sulfide) groups is 1. The minimum Gasteiger partial charge on any atom is -0.360 e. The summed E-state index contributed by atoms with van der Waals surface area (Å²) in [5.74, 6) is 1.83. The fourth-order valence-corrected chi connectivity index (χ4v) is 4.84. The van der Waals surface area contributed by atoms with Gasteiger partial charge in [-0.15, -0.1) is 23.1 Å². The third-order valence-electron chi connectivity index (χ3n) is 4.87. The number of benzene rings is 1. The van der Waals surface area contributed by atoms with Crippen LogP contribution in [0.3, 0.4) is 0 Å². The Morgan fingerprint density at radius 1 is 1.17 bits per heavy atom. The predicted molar refractivity (Wildman–Crippen MR) is 115 cm³/mol. The fourth-order valence-electron chi connectivity index (χ4n) is 3.33. The lowest BCUT2D eigenvalue weighted by Gasteiger charge is -2.34. The average molecular weight is 429 g/mol. The van der Waals surface area contributed by atoms with E-state index in [2.05, 4.69) is 20.4 Å². The molecular formula is C21H24N4O2S2. The minimum atomic E-state index is 0.104. The molecule has 152 valence electrons. The number of rotatable bonds is 6. The van der Waals surface area contributed by atoms with E-state index in [1.807, 2.05) is 49.1 Å². The first kappa shape index (κ1) is 20.1. The van der Waals surface area contributed by atoms with Crippen molar-refractivity contribution in [3.63, 3.8) is 0 Å². The number of hydrogen-bond acceptors (Lipinski definition) is 7. The maximum Gasteiger partial charge on any atom is 0.253 e. The highest BCUT2D eigenvalue weighted by molar-refractivity contribution is 7.98. The summed E-state index contributed by atoms with van der Waals surface area (Å²) in [6, 6.07) is 9.88. The Balaban J connectivity index is 1.27. The molecule has 0 unspecified atom stereocenters. The molecule has 0 radical (unpaired) electrons. The topological polar surface area (TPSA) is 62.5 Å². The molecule has 29 heavy (non-hydrogen) atoms. The normalized spacial score (nSPS) is 15.0. The Morgan fingerprint density at radius 2 is 1.93 bits per heavy atom. The molecule has 0 bridgehead atoms. The summed E-state index contributed by atoms with van der Waals surface area (Å²) in [6.07, 6.45) is 0. The summed E-state index contributed by atoms with van der Waals surface area (Å²) in [5, 5.41) is 7.13. The van der Waals surface area contributed by atoms with Gasteiger partial charge in [0.2, 0.25) is 0 Å². The quantitative estimate of drug-likeness (QED) is 0.553. The first-order valence-electron chi connectivity index (χ1n) is 9.64. The molecule has 1 saturated heterocycles. The molecule has 1 aliphatic heterocycles. The van der Waals surface area contributed by atoms with Crippen molar-refractivity contribution < 1.29 is 9.32 Å². The van der Waals surface area contributed by atoms with Gasteiger partial charge in [-0.3, -0.25) is 9.69 Å². The van der Waals surface area contributed by atoms with E-state index in [9.17, 15) is 4.79 Å². The van der Waals surface area contributed by atoms with E-state index in [1.165, 1.54) is 0 Å². The van der Waals surface area contributed by atoms with Gasteiger partial charge in [-0.2, -0.15) is 0 Å². The van der Waals surface area contributed by atoms with E-state index in [1.54, 1.807) is 23.1 Å². The third kappa shape index (κ3) is 5.26. The van der Waals surface area contributed by atoms with Crippen LogP contribution >= 0.6 is 23.1 Å². The van der Waals surface area contributed by atoms with Crippen molar-refractivity contribution in [2.24, 2.45) is 0 Å². The maximum absolute atomic E-state index is 12.8. The highest BCUT2D eigenvalue weighted by Gasteiger charge is 2.23. The first-order valence-corrected chi connectivity index (χ1v) is 11.5. The van der Waals surface area contributed by atoms with Gasteiger partial charge in [0, 0.05) is 53.8 Å². The summed E-state index contributed by atoms with van der Waals surface area (Å²) < 4.78 is 5.29. The van der Waals surface area contributed by atoms with E-state index in [0.29, 0.717) is 0 Å². The third-order valence-corrected chi connectivity index (χ3v) is 6.74. The molecule has 0 aliphatic carbocycles. The van der Waals surface area contributed by atoms with E-state index in [-0.39, 0.29) is 5.91 Å². The van der Waals surface area contributed by atoms with Crippen molar-refractivity contribution in [3.8, 4) is 0 Å². The lowest BCUT2D eigenvalue weighted by molar-refractivity contribution is 0.0617. The predicted octanol–water partition coefficient (Wildman–Crippen LogP) is 4.00. The van der Waals surface area contributed by atoms with Crippen LogP contribution < -0.4 is 0 Å². The number of hydrogen-bond donors (Lipinski definition) is 0. The largest absolute Gasteiger partial charge is 0.360 e. The zero-order valence-electron chi connectivity index (χ0n) is 16.6. The number of carbonyl (C=O) groups is 1. The summed E-state index contributed by atoms with van der Waals surface area (Å²) in [6.45, 7) is 7.82. The van der Waals surface area contributed by atoms with Crippen LogP contribution in [0.15, 0.2) is 45.1 Å². The molecule has 0 N–H and O–H groups in total. The molecule has 2 aromatic heterocycles. The van der Waals surface area contributed by atoms with Crippen LogP contribution in [0, 0.1) is 13.8 Å². The lowest BCUT2D eigenvalue weighted by Crippen LogP contribution is -2.48. The van der Waals surface area contributed by atoms with E-state index in [0.717, 1.165) is 71.1 Å². The van der Waals surface area contributed by atoms with Gasteiger partial charge in [-0.1, -0.05) is 5.16 Å². The summed E-state index contributed by atoms with van der Waals surface area (Å²) in [5.41, 5.74) is 2.76. The van der Waals surface area contributed by atoms with Gasteiger partial charge in [0.1, 0.15) is 0 Å². The number of thiazole rings is 1. The number of piperazine rings is 1. The van der Waals surface area contributed by atoms with Crippen LogP contribution in [0.4, 0.5) is 0 Å². The standard InChI is InChI=1S/C21H24N4O2S2/c1-15-11-19(27-23-15)12-24-7-9-25(10-8-24)21(26)17-3-5-20(6-4-17)29-14-18-13-28-16(2)22-18/h3-6,11,13H,7-10,12,14H2,1-2H3. The summed E-state index contributed by atoms with van der Waals surface area (Å²) in [4.78, 5) is 22.7. The molecule has 3 aromatic rings. The molecule has 4 rings (SSSR count). The van der Waals surface area contributed by atoms with Gasteiger partial charge >= 0.3 is 0 Å². The van der Waals surface area contributed by atoms with Crippen LogP contribution in [-0.4, -0.2) is 52.0 Å². The van der Waals surface area contributed by atoms with Gasteiger partial charge in [-0.25, -0.2) is 4.98 Å². The van der Waals surface area contributed by atoms with Crippen molar-refractivity contribution in [2.75, 3.05) is 26.2 Å². The van der Waals surface area contributed by atoms with Gasteiger partial charge in [0.05, 0.1) is 22.9 Å². The van der Waals surface area contributed by atoms with Crippen molar-refractivity contribution in [1.82, 2.24) is 19.9 Å². The van der Waals surface area contributed by atoms with Crippen LogP contribution in [0.5, 0.6) is 0 Å². The van der Waals surface area contributed by atoms with Gasteiger partial charge < -0.3 is 9.42 Å². The van der Waals surface area contributed by atoms with Crippen molar-refractivity contribution in [2.45, 2.75) is 31.0 Å². The summed E-state index contributed by atoms with van der Waals surface area (Å²) in [7, 11) is 0. The Kier molecular flexibility index (Phi) is 6.32. The van der Waals surface area contributed by atoms with Gasteiger partial charge in [0.25, 0.3) is 5.91 Å². The van der Waals surface area contributed by atoms with Crippen LogP contribution in [0.2, 0.25) is 0 Å². The average Bonchev–Trinajstić information content (AvgIpc) is 3.34. The highest BCUT2D eigenvalue weighted by Crippen LogP contribution is 2.24. The second-order valence-electron chi connectivity index (χ2n) is 7.17. The zero-order valence-corrected chi connectivity index (χ0v) is 18.3. The minimum absolute atomic E-state index is 0.104. The highest BCUT2D eigenvalue weighted by atomic mass is 32.2. The zero-order chi connectivity index (χ0) is 20.2. The van der Waals surface area contributed by atoms with E-state index >= 15 is 0 Å². The van der Waals surface area contributed by atoms with Crippen LogP contribution in [0.1, 0.15) is 32.5 Å². The molecule has 1 aliphatic rings. The fraction of sp³-hybridized carbons (Fsp3) is 0.381. The molecule has 8 heteroatoms. The van der Waals surface area contributed by atoms with E-state index in [4.69, 9.17) is 4.52 Å². The van der Waals surface area contributed by atoms with Crippen molar-refractivity contribution in [1.29, 1.82) is 0 Å². The Bertz CT molecular complexity index is 959. The lowest BCUT2D eigenvalue weighted by atomic mass is 10.2. The van der Waals surface area contributed by atoms with Crippen molar-refractivity contribution in [3.05, 3.63) is 63.4 Å². The Labute approximate surface area is 178 Å². The van der Waals surface area contributed by atoms with Gasteiger partial charge in [0.15, 0.2) is 5.76 Å². The Morgan fingerprint density at radius 3 is 2.55 bits per heavy atom. The molecule has 3 heterocycles. The molecule has 1 aromatic carbocycles. The van der Waals surface area contributed by atoms with E-state index < -0.39 is 0 Å². The first-order chi connectivity index (χ1) is 14.1. The molecule has 0 saturated carbocycles. The number of nitrogens with zero attached hydrogens (tertiary/aromatic N) is 4. The Hall–Kier alpha value is -2.16. The molecule has 6 nitrogen and oxygen atoms in total. The summed E-state index contributed by atoms with van der Waals surface area (Å²) >= 11 is 3.42. The SMILES string of the molecule is Cc1cc(CN2CCN(C(=O)c3ccc(SCc4csc(C)n4)cc3)CC2)on1. The van der Waals surface area contributed by atoms with Crippen LogP contribution in [0.25, 0.3) is 0 Å². The molecule has 1 amide bonds. The van der Waals surface area contributed by atoms with Crippen LogP contribution in [-0.2, 0) is 12.3 Å². The van der Waals surface area contributed by atoms with Gasteiger partial charge in [-0.05, 0) is 38.1 Å². The number of carbonyl (C=O) groups excluding carboxylic acids is 1. The molecule has 1 fully saturated rings. The monoisotopic (exact) mass is 428 g/mol. The number of amides is 1. The number of aromatic nitrogens is 2. The second-order valence-corrected chi connectivity index (χ2v) is 9.28. The maximum atomic E-state index is 12.8. The molecule has 0 atom stereocenters. The smallest absolute Gasteiger partial charge is 0.253 e.